The SMILES string of the molecule is O=C(Nc1ccncc1F)N1c2nc(N3CCCC(C(F)(F)F)C3)ccc2N2CCC[C@H]1C2. The molecule has 1 unspecified atom stereocenters. The maximum atomic E-state index is 14.1. The average Bonchev–Trinajstić information content (AvgIpc) is 2.80. The molecule has 11 heteroatoms. The van der Waals surface area contributed by atoms with Gasteiger partial charge >= 0.3 is 12.2 Å². The minimum atomic E-state index is -4.25. The highest BCUT2D eigenvalue weighted by molar-refractivity contribution is 6.04. The van der Waals surface area contributed by atoms with E-state index in [1.165, 1.54) is 17.2 Å². The summed E-state index contributed by atoms with van der Waals surface area (Å²) >= 11 is 0. The molecule has 5 heterocycles. The molecule has 1 N–H and O–H groups in total. The molecule has 5 rings (SSSR count). The third kappa shape index (κ3) is 4.16. The number of alkyl halides is 3. The van der Waals surface area contributed by atoms with Gasteiger partial charge in [-0.2, -0.15) is 13.2 Å². The first-order chi connectivity index (χ1) is 15.8. The second kappa shape index (κ2) is 8.35. The number of aromatic nitrogens is 2. The molecule has 2 aromatic heterocycles. The van der Waals surface area contributed by atoms with E-state index in [1.807, 2.05) is 6.07 Å². The van der Waals surface area contributed by atoms with Gasteiger partial charge in [-0.05, 0) is 43.9 Å². The Morgan fingerprint density at radius 3 is 2.64 bits per heavy atom. The fraction of sp³-hybridized carbons (Fsp3) is 0.500. The van der Waals surface area contributed by atoms with Gasteiger partial charge in [0.1, 0.15) is 5.82 Å². The van der Waals surface area contributed by atoms with Crippen molar-refractivity contribution in [2.45, 2.75) is 37.9 Å². The van der Waals surface area contributed by atoms with Gasteiger partial charge in [0.2, 0.25) is 0 Å². The lowest BCUT2D eigenvalue weighted by Crippen LogP contribution is -2.56. The molecule has 3 aliphatic heterocycles. The van der Waals surface area contributed by atoms with E-state index in [0.717, 1.165) is 31.3 Å². The zero-order chi connectivity index (χ0) is 23.2. The number of pyridine rings is 2. The molecule has 3 aliphatic rings. The molecule has 2 aromatic rings. The van der Waals surface area contributed by atoms with E-state index < -0.39 is 23.9 Å². The van der Waals surface area contributed by atoms with E-state index in [4.69, 9.17) is 0 Å². The summed E-state index contributed by atoms with van der Waals surface area (Å²) in [5.41, 5.74) is 0.763. The van der Waals surface area contributed by atoms with Crippen LogP contribution in [0, 0.1) is 11.7 Å². The van der Waals surface area contributed by atoms with Crippen LogP contribution in [0.3, 0.4) is 0 Å². The summed E-state index contributed by atoms with van der Waals surface area (Å²) in [7, 11) is 0. The molecule has 176 valence electrons. The largest absolute Gasteiger partial charge is 0.393 e. The van der Waals surface area contributed by atoms with E-state index in [9.17, 15) is 22.4 Å². The highest BCUT2D eigenvalue weighted by atomic mass is 19.4. The van der Waals surface area contributed by atoms with Crippen molar-refractivity contribution in [2.75, 3.05) is 46.2 Å². The summed E-state index contributed by atoms with van der Waals surface area (Å²) in [6.45, 7) is 1.76. The van der Waals surface area contributed by atoms with Gasteiger partial charge in [0.25, 0.3) is 0 Å². The first-order valence-electron chi connectivity index (χ1n) is 11.1. The highest BCUT2D eigenvalue weighted by Gasteiger charge is 2.43. The second-order valence-electron chi connectivity index (χ2n) is 8.74. The summed E-state index contributed by atoms with van der Waals surface area (Å²) in [6.07, 6.45) is 0.319. The fourth-order valence-electron chi connectivity index (χ4n) is 4.95. The van der Waals surface area contributed by atoms with Crippen LogP contribution >= 0.6 is 0 Å². The van der Waals surface area contributed by atoms with Gasteiger partial charge in [-0.15, -0.1) is 0 Å². The number of carbonyl (C=O) groups is 1. The number of anilines is 4. The van der Waals surface area contributed by atoms with E-state index in [2.05, 4.69) is 20.2 Å². The molecule has 2 saturated heterocycles. The number of halogens is 4. The smallest absolute Gasteiger partial charge is 0.366 e. The van der Waals surface area contributed by atoms with Crippen molar-refractivity contribution in [1.82, 2.24) is 9.97 Å². The van der Waals surface area contributed by atoms with Crippen LogP contribution in [-0.4, -0.2) is 54.4 Å². The minimum Gasteiger partial charge on any atom is -0.366 e. The molecule has 2 fully saturated rings. The van der Waals surface area contributed by atoms with Gasteiger partial charge < -0.3 is 15.1 Å². The van der Waals surface area contributed by atoms with Gasteiger partial charge in [-0.25, -0.2) is 14.2 Å². The Bertz CT molecular complexity index is 1050. The Labute approximate surface area is 188 Å². The average molecular weight is 464 g/mol. The Morgan fingerprint density at radius 1 is 1.06 bits per heavy atom. The number of urea groups is 1. The van der Waals surface area contributed by atoms with Crippen molar-refractivity contribution in [3.8, 4) is 0 Å². The van der Waals surface area contributed by atoms with Gasteiger partial charge in [0, 0.05) is 32.4 Å². The predicted molar refractivity (Wildman–Crippen MR) is 116 cm³/mol. The van der Waals surface area contributed by atoms with Crippen LogP contribution in [0.5, 0.6) is 0 Å². The summed E-state index contributed by atoms with van der Waals surface area (Å²) in [4.78, 5) is 26.9. The van der Waals surface area contributed by atoms with E-state index in [0.29, 0.717) is 31.1 Å². The summed E-state index contributed by atoms with van der Waals surface area (Å²) in [5.74, 6) is -1.25. The number of nitrogens with zero attached hydrogens (tertiary/aromatic N) is 5. The van der Waals surface area contributed by atoms with Crippen LogP contribution in [-0.2, 0) is 0 Å². The topological polar surface area (TPSA) is 64.6 Å². The van der Waals surface area contributed by atoms with Crippen molar-refractivity contribution in [2.24, 2.45) is 5.92 Å². The molecule has 0 saturated carbocycles. The van der Waals surface area contributed by atoms with Crippen LogP contribution in [0.25, 0.3) is 0 Å². The van der Waals surface area contributed by atoms with Crippen LogP contribution in [0.2, 0.25) is 0 Å². The fourth-order valence-corrected chi connectivity index (χ4v) is 4.95. The molecule has 2 amide bonds. The molecule has 2 atom stereocenters. The van der Waals surface area contributed by atoms with Gasteiger partial charge in [-0.3, -0.25) is 9.88 Å². The molecule has 7 nitrogen and oxygen atoms in total. The predicted octanol–water partition coefficient (Wildman–Crippen LogP) is 4.42. The molecule has 33 heavy (non-hydrogen) atoms. The Morgan fingerprint density at radius 2 is 1.85 bits per heavy atom. The monoisotopic (exact) mass is 464 g/mol. The molecule has 0 radical (unpaired) electrons. The third-order valence-electron chi connectivity index (χ3n) is 6.61. The van der Waals surface area contributed by atoms with Crippen molar-refractivity contribution in [3.05, 3.63) is 36.4 Å². The number of hydrogen-bond donors (Lipinski definition) is 1. The van der Waals surface area contributed by atoms with Crippen molar-refractivity contribution >= 4 is 29.0 Å². The number of rotatable bonds is 2. The molecule has 2 bridgehead atoms. The molecular weight excluding hydrogens is 440 g/mol. The van der Waals surface area contributed by atoms with E-state index in [1.54, 1.807) is 11.0 Å². The zero-order valence-electron chi connectivity index (χ0n) is 17.9. The lowest BCUT2D eigenvalue weighted by molar-refractivity contribution is -0.176. The summed E-state index contributed by atoms with van der Waals surface area (Å²) in [6, 6.07) is 4.24. The van der Waals surface area contributed by atoms with Crippen molar-refractivity contribution < 1.29 is 22.4 Å². The molecule has 0 aliphatic carbocycles. The number of piperidine rings is 2. The standard InChI is InChI=1S/C22H24F4N6O/c23-16-11-27-8-7-17(16)28-21(33)32-15-4-2-9-30(13-15)18-5-6-19(29-20(18)32)31-10-1-3-14(12-31)22(24,25)26/h5-8,11,14-15H,1-4,9-10,12-13H2,(H,27,28,33)/t14?,15-/m0/s1. The number of nitrogens with one attached hydrogen (secondary N) is 1. The molecule has 0 spiro atoms. The number of amides is 2. The number of carbonyl (C=O) groups excluding carboxylic acids is 1. The van der Waals surface area contributed by atoms with Crippen molar-refractivity contribution in [3.63, 3.8) is 0 Å². The zero-order valence-corrected chi connectivity index (χ0v) is 17.9. The Kier molecular flexibility index (Phi) is 5.49. The maximum Gasteiger partial charge on any atom is 0.393 e. The maximum absolute atomic E-state index is 14.1. The van der Waals surface area contributed by atoms with E-state index in [-0.39, 0.29) is 24.7 Å². The minimum absolute atomic E-state index is 0.00925. The quantitative estimate of drug-likeness (QED) is 0.667. The lowest BCUT2D eigenvalue weighted by Gasteiger charge is -2.46. The molecular formula is C22H24F4N6O. The van der Waals surface area contributed by atoms with Crippen LogP contribution in [0.1, 0.15) is 25.7 Å². The van der Waals surface area contributed by atoms with Gasteiger partial charge in [-0.1, -0.05) is 0 Å². The van der Waals surface area contributed by atoms with Crippen LogP contribution in [0.15, 0.2) is 30.6 Å². The Balaban J connectivity index is 1.47. The van der Waals surface area contributed by atoms with Crippen LogP contribution in [0.4, 0.5) is 45.4 Å². The summed E-state index contributed by atoms with van der Waals surface area (Å²) in [5, 5.41) is 2.60. The number of hydrogen-bond acceptors (Lipinski definition) is 5. The highest BCUT2D eigenvalue weighted by Crippen LogP contribution is 2.41. The van der Waals surface area contributed by atoms with Gasteiger partial charge in [0.15, 0.2) is 11.6 Å². The third-order valence-corrected chi connectivity index (χ3v) is 6.61. The first kappa shape index (κ1) is 21.7. The summed E-state index contributed by atoms with van der Waals surface area (Å²) < 4.78 is 54.0. The second-order valence-corrected chi connectivity index (χ2v) is 8.74. The number of fused-ring (bicyclic) bond motifs is 4. The normalized spacial score (nSPS) is 22.7. The molecule has 0 aromatic carbocycles. The van der Waals surface area contributed by atoms with Crippen molar-refractivity contribution in [1.29, 1.82) is 0 Å². The lowest BCUT2D eigenvalue weighted by atomic mass is 9.97. The van der Waals surface area contributed by atoms with Gasteiger partial charge in [0.05, 0.1) is 29.5 Å². The van der Waals surface area contributed by atoms with Crippen LogP contribution < -0.4 is 20.0 Å². The van der Waals surface area contributed by atoms with E-state index >= 15 is 0 Å². The first-order valence-corrected chi connectivity index (χ1v) is 11.1. The Hall–Kier alpha value is -3.11.